The van der Waals surface area contributed by atoms with Crippen molar-refractivity contribution in [1.82, 2.24) is 14.7 Å². The van der Waals surface area contributed by atoms with E-state index in [1.807, 2.05) is 0 Å². The number of aromatic nitrogens is 2. The van der Waals surface area contributed by atoms with E-state index in [0.717, 1.165) is 30.1 Å². The summed E-state index contributed by atoms with van der Waals surface area (Å²) in [5.41, 5.74) is 0.318. The molecule has 4 unspecified atom stereocenters. The van der Waals surface area contributed by atoms with Gasteiger partial charge in [0.25, 0.3) is 0 Å². The summed E-state index contributed by atoms with van der Waals surface area (Å²) in [7, 11) is 0. The third kappa shape index (κ3) is 3.18. The van der Waals surface area contributed by atoms with Crippen molar-refractivity contribution in [2.75, 3.05) is 0 Å². The second kappa shape index (κ2) is 5.90. The summed E-state index contributed by atoms with van der Waals surface area (Å²) in [5.74, 6) is 3.49. The van der Waals surface area contributed by atoms with Gasteiger partial charge in [-0.05, 0) is 73.0 Å². The average molecular weight is 314 g/mol. The lowest BCUT2D eigenvalue weighted by atomic mass is 9.60. The van der Waals surface area contributed by atoms with Crippen molar-refractivity contribution in [3.8, 4) is 0 Å². The van der Waals surface area contributed by atoms with Crippen LogP contribution in [0, 0.1) is 17.8 Å². The van der Waals surface area contributed by atoms with Crippen LogP contribution in [0.4, 0.5) is 0 Å². The van der Waals surface area contributed by atoms with Crippen LogP contribution in [-0.2, 0) is 6.54 Å². The van der Waals surface area contributed by atoms with Crippen LogP contribution in [0.25, 0.3) is 0 Å². The third-order valence-electron chi connectivity index (χ3n) is 5.14. The average Bonchev–Trinajstić information content (AvgIpc) is 2.81. The van der Waals surface area contributed by atoms with Crippen molar-refractivity contribution in [2.45, 2.75) is 64.5 Å². The van der Waals surface area contributed by atoms with Crippen LogP contribution >= 0.6 is 23.1 Å². The monoisotopic (exact) mass is 313 g/mol. The Morgan fingerprint density at radius 3 is 2.90 bits per heavy atom. The van der Waals surface area contributed by atoms with Gasteiger partial charge in [0, 0.05) is 5.54 Å². The van der Waals surface area contributed by atoms with Crippen molar-refractivity contribution >= 4 is 23.1 Å². The zero-order valence-electron chi connectivity index (χ0n) is 12.4. The van der Waals surface area contributed by atoms with Gasteiger partial charge < -0.3 is 5.32 Å². The maximum atomic E-state index is 5.87. The second-order valence-corrected chi connectivity index (χ2v) is 8.26. The van der Waals surface area contributed by atoms with Crippen LogP contribution in [0.5, 0.6) is 0 Å². The molecule has 1 N–H and O–H groups in total. The normalized spacial score (nSPS) is 37.0. The van der Waals surface area contributed by atoms with Gasteiger partial charge >= 0.3 is 0 Å². The highest BCUT2D eigenvalue weighted by Crippen LogP contribution is 2.48. The fourth-order valence-electron chi connectivity index (χ4n) is 4.59. The van der Waals surface area contributed by atoms with Crippen molar-refractivity contribution in [1.29, 1.82) is 0 Å². The highest BCUT2D eigenvalue weighted by molar-refractivity contribution is 7.10. The zero-order valence-corrected chi connectivity index (χ0v) is 13.9. The molecule has 0 spiro atoms. The van der Waals surface area contributed by atoms with Gasteiger partial charge in [0.15, 0.2) is 5.82 Å². The first-order valence-corrected chi connectivity index (χ1v) is 8.97. The molecule has 4 atom stereocenters. The molecule has 0 aromatic carbocycles. The van der Waals surface area contributed by atoms with Crippen LogP contribution in [0.1, 0.15) is 58.2 Å². The molecule has 2 fully saturated rings. The molecule has 0 aliphatic heterocycles. The van der Waals surface area contributed by atoms with Gasteiger partial charge in [0.05, 0.1) is 6.54 Å². The number of hydrogen-bond donors (Lipinski definition) is 1. The fraction of sp³-hybridized carbons (Fsp3) is 0.867. The van der Waals surface area contributed by atoms with Gasteiger partial charge in [-0.3, -0.25) is 0 Å². The highest BCUT2D eigenvalue weighted by atomic mass is 35.5. The lowest BCUT2D eigenvalue weighted by molar-refractivity contribution is 0.0471. The third-order valence-corrected chi connectivity index (χ3v) is 5.98. The molecule has 20 heavy (non-hydrogen) atoms. The molecule has 5 heteroatoms. The molecule has 1 aromatic heterocycles. The predicted octanol–water partition coefficient (Wildman–Crippen LogP) is 4.28. The molecule has 2 bridgehead atoms. The lowest BCUT2D eigenvalue weighted by Gasteiger charge is -2.51. The number of hydrogen-bond acceptors (Lipinski definition) is 4. The summed E-state index contributed by atoms with van der Waals surface area (Å²) in [6.45, 7) is 5.51. The Hall–Kier alpha value is -0.190. The van der Waals surface area contributed by atoms with E-state index in [4.69, 9.17) is 11.6 Å². The first-order valence-electron chi connectivity index (χ1n) is 7.81. The predicted molar refractivity (Wildman–Crippen MR) is 84.0 cm³/mol. The first-order chi connectivity index (χ1) is 9.58. The van der Waals surface area contributed by atoms with Crippen LogP contribution < -0.4 is 5.32 Å². The Labute approximate surface area is 130 Å². The fourth-order valence-corrected chi connectivity index (χ4v) is 5.22. The Balaban J connectivity index is 1.70. The lowest BCUT2D eigenvalue weighted by Crippen LogP contribution is -2.54. The molecule has 112 valence electrons. The summed E-state index contributed by atoms with van der Waals surface area (Å²) < 4.78 is 4.84. The molecule has 3 rings (SSSR count). The van der Waals surface area contributed by atoms with Gasteiger partial charge in [0.2, 0.25) is 4.47 Å². The molecule has 2 saturated carbocycles. The number of nitrogens with zero attached hydrogens (tertiary/aromatic N) is 2. The minimum Gasteiger partial charge on any atom is -0.304 e. The summed E-state index contributed by atoms with van der Waals surface area (Å²) in [6.07, 6.45) is 8.13. The summed E-state index contributed by atoms with van der Waals surface area (Å²) in [5, 5.41) is 3.81. The highest BCUT2D eigenvalue weighted by Gasteiger charge is 2.44. The number of fused-ring (bicyclic) bond motifs is 2. The van der Waals surface area contributed by atoms with Crippen molar-refractivity contribution in [3.63, 3.8) is 0 Å². The van der Waals surface area contributed by atoms with Gasteiger partial charge in [-0.25, -0.2) is 4.98 Å². The summed E-state index contributed by atoms with van der Waals surface area (Å²) in [4.78, 5) is 4.27. The topological polar surface area (TPSA) is 37.8 Å². The van der Waals surface area contributed by atoms with E-state index in [9.17, 15) is 0 Å². The van der Waals surface area contributed by atoms with Crippen molar-refractivity contribution < 1.29 is 0 Å². The van der Waals surface area contributed by atoms with E-state index < -0.39 is 0 Å². The SMILES string of the molecule is CCC1CC2CC(C)CC(NCc3nsc(Cl)n3)(C1)C2. The van der Waals surface area contributed by atoms with Gasteiger partial charge in [0.1, 0.15) is 0 Å². The van der Waals surface area contributed by atoms with Crippen molar-refractivity contribution in [3.05, 3.63) is 10.3 Å². The number of nitrogens with one attached hydrogen (secondary N) is 1. The molecule has 1 aromatic rings. The van der Waals surface area contributed by atoms with Crippen LogP contribution in [-0.4, -0.2) is 14.9 Å². The van der Waals surface area contributed by atoms with E-state index in [2.05, 4.69) is 28.5 Å². The molecule has 3 nitrogen and oxygen atoms in total. The smallest absolute Gasteiger partial charge is 0.203 e. The quantitative estimate of drug-likeness (QED) is 0.901. The van der Waals surface area contributed by atoms with Gasteiger partial charge in [-0.1, -0.05) is 20.3 Å². The minimum absolute atomic E-state index is 0.318. The first kappa shape index (κ1) is 14.7. The van der Waals surface area contributed by atoms with Crippen LogP contribution in [0.2, 0.25) is 4.47 Å². The van der Waals surface area contributed by atoms with E-state index >= 15 is 0 Å². The van der Waals surface area contributed by atoms with Gasteiger partial charge in [-0.15, -0.1) is 0 Å². The molecule has 2 aliphatic carbocycles. The maximum absolute atomic E-state index is 5.87. The molecule has 0 saturated heterocycles. The standard InChI is InChI=1S/C15H24ClN3S/c1-3-11-5-12-4-10(2)6-15(7-11,8-12)17-9-13-18-14(16)20-19-13/h10-12,17H,3-9H2,1-2H3. The Morgan fingerprint density at radius 2 is 2.20 bits per heavy atom. The van der Waals surface area contributed by atoms with Crippen LogP contribution in [0.15, 0.2) is 0 Å². The van der Waals surface area contributed by atoms with Gasteiger partial charge in [-0.2, -0.15) is 4.37 Å². The van der Waals surface area contributed by atoms with E-state index in [-0.39, 0.29) is 0 Å². The Kier molecular flexibility index (Phi) is 4.34. The maximum Gasteiger partial charge on any atom is 0.203 e. The Morgan fingerprint density at radius 1 is 1.35 bits per heavy atom. The summed E-state index contributed by atoms with van der Waals surface area (Å²) >= 11 is 7.15. The number of rotatable bonds is 4. The molecule has 1 heterocycles. The van der Waals surface area contributed by atoms with Crippen LogP contribution in [0.3, 0.4) is 0 Å². The molecule has 0 radical (unpaired) electrons. The Bertz CT molecular complexity index is 460. The van der Waals surface area contributed by atoms with E-state index in [0.29, 0.717) is 10.0 Å². The van der Waals surface area contributed by atoms with E-state index in [1.54, 1.807) is 0 Å². The zero-order chi connectivity index (χ0) is 14.2. The molecular formula is C15H24ClN3S. The minimum atomic E-state index is 0.318. The summed E-state index contributed by atoms with van der Waals surface area (Å²) in [6, 6.07) is 0. The largest absolute Gasteiger partial charge is 0.304 e. The molecule has 0 amide bonds. The molecule has 2 aliphatic rings. The van der Waals surface area contributed by atoms with E-state index in [1.165, 1.54) is 50.1 Å². The second-order valence-electron chi connectivity index (χ2n) is 6.93. The molecular weight excluding hydrogens is 290 g/mol. The number of halogens is 1. The van der Waals surface area contributed by atoms with Crippen molar-refractivity contribution in [2.24, 2.45) is 17.8 Å².